The zero-order valence-electron chi connectivity index (χ0n) is 6.48. The molecule has 2 rings (SSSR count). The van der Waals surface area contributed by atoms with E-state index in [2.05, 4.69) is 12.2 Å². The van der Waals surface area contributed by atoms with Crippen molar-refractivity contribution >= 4 is 37.7 Å². The molecule has 1 aromatic heterocycles. The fourth-order valence-corrected chi connectivity index (χ4v) is 24.6. The van der Waals surface area contributed by atoms with Crippen molar-refractivity contribution in [3.63, 3.8) is 0 Å². The standard InChI is InChI=1S/C5H5.2ClH.HP5.Zr/c1-2-4-5-3-1;;;1-2-4-5-3-1;/h1-3H,4H2;2*1H;1H;/q-1;;;;+3/p-2. The van der Waals surface area contributed by atoms with Gasteiger partial charge in [0.1, 0.15) is 0 Å². The van der Waals surface area contributed by atoms with Gasteiger partial charge < -0.3 is 24.8 Å². The van der Waals surface area contributed by atoms with E-state index >= 15 is 0 Å². The third kappa shape index (κ3) is 14.4. The molecule has 0 atom stereocenters. The molecule has 1 aliphatic carbocycles. The number of hydrogen-bond donors (Lipinski definition) is 0. The largest absolute Gasteiger partial charge is 3.00 e. The van der Waals surface area contributed by atoms with Crippen molar-refractivity contribution in [3.8, 4) is 0 Å². The minimum absolute atomic E-state index is 0. The molecule has 69 valence electrons. The molecule has 13 heavy (non-hydrogen) atoms. The third-order valence-electron chi connectivity index (χ3n) is 0.805. The molecule has 1 aromatic rings. The first-order valence-corrected chi connectivity index (χ1v) is 11.1. The number of halogens is 2. The van der Waals surface area contributed by atoms with Crippen molar-refractivity contribution in [2.24, 2.45) is 0 Å². The van der Waals surface area contributed by atoms with Gasteiger partial charge in [0.2, 0.25) is 0 Å². The maximum atomic E-state index is 2.99. The Balaban J connectivity index is -0.000000125. The van der Waals surface area contributed by atoms with Crippen LogP contribution < -0.4 is 24.8 Å². The summed E-state index contributed by atoms with van der Waals surface area (Å²) in [7, 11) is 7.83. The van der Waals surface area contributed by atoms with Crippen LogP contribution in [0.5, 0.6) is 0 Å². The van der Waals surface area contributed by atoms with Crippen molar-refractivity contribution in [1.29, 1.82) is 0 Å². The Morgan fingerprint density at radius 3 is 1.92 bits per heavy atom. The summed E-state index contributed by atoms with van der Waals surface area (Å²) in [5.41, 5.74) is 0. The molecule has 0 saturated carbocycles. The second-order valence-corrected chi connectivity index (χ2v) is 13.9. The second kappa shape index (κ2) is 16.9. The van der Waals surface area contributed by atoms with Gasteiger partial charge in [0.15, 0.2) is 0 Å². The summed E-state index contributed by atoms with van der Waals surface area (Å²) in [6, 6.07) is 0. The topological polar surface area (TPSA) is 0 Å². The minimum Gasteiger partial charge on any atom is -1.00 e. The van der Waals surface area contributed by atoms with Crippen LogP contribution >= 0.6 is 37.7 Å². The summed E-state index contributed by atoms with van der Waals surface area (Å²) in [5.74, 6) is 0. The van der Waals surface area contributed by atoms with E-state index in [0.29, 0.717) is 0 Å². The first-order valence-electron chi connectivity index (χ1n) is 2.76. The van der Waals surface area contributed by atoms with E-state index in [0.717, 1.165) is 6.42 Å². The summed E-state index contributed by atoms with van der Waals surface area (Å²) < 4.78 is 0. The molecule has 0 bridgehead atoms. The first-order chi connectivity index (χ1) is 5.00. The monoisotopic (exact) mass is 381 g/mol. The van der Waals surface area contributed by atoms with Crippen LogP contribution in [0.15, 0.2) is 18.2 Å². The summed E-state index contributed by atoms with van der Waals surface area (Å²) in [4.78, 5) is 0. The zero-order valence-corrected chi connectivity index (χ0v) is 15.0. The number of rotatable bonds is 0. The van der Waals surface area contributed by atoms with E-state index in [1.807, 2.05) is 12.2 Å². The second-order valence-electron chi connectivity index (χ2n) is 1.48. The minimum atomic E-state index is 0. The van der Waals surface area contributed by atoms with E-state index in [-0.39, 0.29) is 51.0 Å². The van der Waals surface area contributed by atoms with Gasteiger partial charge in [-0.15, -0.1) is 6.42 Å². The zero-order chi connectivity index (χ0) is 7.07. The van der Waals surface area contributed by atoms with Gasteiger partial charge >= 0.3 is 26.2 Å². The predicted molar refractivity (Wildman–Crippen MR) is 57.6 cm³/mol. The molecule has 0 nitrogen and oxygen atoms in total. The number of allylic oxidation sites excluding steroid dienone is 4. The maximum absolute atomic E-state index is 2.99. The number of hydrogen-bond acceptors (Lipinski definition) is 0. The molecular weight excluding hydrogens is 377 g/mol. The average Bonchev–Trinajstić information content (AvgIpc) is 2.67. The van der Waals surface area contributed by atoms with Crippen LogP contribution in [-0.2, 0) is 26.2 Å². The summed E-state index contributed by atoms with van der Waals surface area (Å²) in [5, 5.41) is 0. The Kier molecular flexibility index (Phi) is 27.0. The molecule has 0 saturated heterocycles. The first kappa shape index (κ1) is 20.8. The van der Waals surface area contributed by atoms with Gasteiger partial charge in [-0.1, -0.05) is 7.55 Å². The van der Waals surface area contributed by atoms with Crippen molar-refractivity contribution in [3.05, 3.63) is 24.3 Å². The van der Waals surface area contributed by atoms with Crippen LogP contribution in [0.2, 0.25) is 0 Å². The van der Waals surface area contributed by atoms with E-state index < -0.39 is 0 Å². The fourth-order valence-electron chi connectivity index (χ4n) is 0.440. The van der Waals surface area contributed by atoms with Crippen molar-refractivity contribution in [2.75, 3.05) is 0 Å². The van der Waals surface area contributed by atoms with Crippen LogP contribution in [0.25, 0.3) is 0 Å². The molecule has 0 spiro atoms. The molecular formula is C5H6Cl2P5Zr. The van der Waals surface area contributed by atoms with Crippen molar-refractivity contribution < 1.29 is 51.0 Å². The van der Waals surface area contributed by atoms with Crippen LogP contribution in [0.3, 0.4) is 0 Å². The summed E-state index contributed by atoms with van der Waals surface area (Å²) >= 11 is 0. The van der Waals surface area contributed by atoms with Gasteiger partial charge in [0.05, 0.1) is 0 Å². The van der Waals surface area contributed by atoms with Gasteiger partial charge in [0.25, 0.3) is 0 Å². The SMILES string of the molecule is [C-]1=CC=CC1.[Cl-].[Cl-].[Zr+3].p1pp[pH]p1. The fraction of sp³-hybridized carbons (Fsp3) is 0.200. The van der Waals surface area contributed by atoms with E-state index in [1.54, 1.807) is 30.2 Å². The third-order valence-corrected chi connectivity index (χ3v) is 18.3. The molecule has 1 radical (unpaired) electrons. The normalized spacial score (nSPS) is 12.9. The molecule has 0 unspecified atom stereocenters. The van der Waals surface area contributed by atoms with Crippen LogP contribution in [0, 0.1) is 6.08 Å². The van der Waals surface area contributed by atoms with E-state index in [4.69, 9.17) is 0 Å². The van der Waals surface area contributed by atoms with Gasteiger partial charge in [-0.2, -0.15) is 6.08 Å². The van der Waals surface area contributed by atoms with Crippen LogP contribution in [0.4, 0.5) is 0 Å². The van der Waals surface area contributed by atoms with Crippen LogP contribution in [0.1, 0.15) is 6.42 Å². The summed E-state index contributed by atoms with van der Waals surface area (Å²) in [6.07, 6.45) is 10.0. The molecule has 1 heterocycles. The summed E-state index contributed by atoms with van der Waals surface area (Å²) in [6.45, 7) is 0. The van der Waals surface area contributed by atoms with Gasteiger partial charge in [0, 0.05) is 0 Å². The molecule has 0 fully saturated rings. The Morgan fingerprint density at radius 1 is 1.15 bits per heavy atom. The Labute approximate surface area is 118 Å². The molecule has 0 aliphatic heterocycles. The smallest absolute Gasteiger partial charge is 1.00 e. The Bertz CT molecular complexity index is 185. The molecule has 0 amide bonds. The van der Waals surface area contributed by atoms with E-state index in [9.17, 15) is 0 Å². The van der Waals surface area contributed by atoms with Crippen LogP contribution in [-0.4, -0.2) is 0 Å². The maximum Gasteiger partial charge on any atom is 3.00 e. The van der Waals surface area contributed by atoms with E-state index in [1.165, 1.54) is 7.55 Å². The molecule has 0 aromatic carbocycles. The Hall–Kier alpha value is 2.44. The molecule has 8 heteroatoms. The van der Waals surface area contributed by atoms with Crippen molar-refractivity contribution in [1.82, 2.24) is 0 Å². The van der Waals surface area contributed by atoms with Crippen molar-refractivity contribution in [2.45, 2.75) is 6.42 Å². The quantitative estimate of drug-likeness (QED) is 0.523. The predicted octanol–water partition coefficient (Wildman–Crippen LogP) is -0.651. The molecule has 0 N–H and O–H groups in total. The molecule has 1 aliphatic rings. The van der Waals surface area contributed by atoms with Gasteiger partial charge in [-0.25, -0.2) is 12.2 Å². The Morgan fingerprint density at radius 2 is 1.77 bits per heavy atom. The van der Waals surface area contributed by atoms with Gasteiger partial charge in [-0.05, 0) is 30.2 Å². The average molecular weight is 383 g/mol. The van der Waals surface area contributed by atoms with Gasteiger partial charge in [-0.3, -0.25) is 6.08 Å².